The quantitative estimate of drug-likeness (QED) is 0.658. The zero-order chi connectivity index (χ0) is 14.5. The first-order valence-corrected chi connectivity index (χ1v) is 8.24. The summed E-state index contributed by atoms with van der Waals surface area (Å²) in [5.74, 6) is 0.890. The van der Waals surface area contributed by atoms with Gasteiger partial charge < -0.3 is 9.64 Å². The number of nitrogens with zero attached hydrogens (tertiary/aromatic N) is 1. The lowest BCUT2D eigenvalue weighted by Gasteiger charge is -2.20. The lowest BCUT2D eigenvalue weighted by atomic mass is 10.2. The summed E-state index contributed by atoms with van der Waals surface area (Å²) >= 11 is 7.09. The van der Waals surface area contributed by atoms with Crippen LogP contribution in [0.3, 0.4) is 0 Å². The highest BCUT2D eigenvalue weighted by molar-refractivity contribution is 9.10. The van der Waals surface area contributed by atoms with Gasteiger partial charge in [0, 0.05) is 29.1 Å². The molecule has 0 bridgehead atoms. The largest absolute Gasteiger partial charge is 0.497 e. The molecule has 106 valence electrons. The first-order valence-electron chi connectivity index (χ1n) is 6.32. The van der Waals surface area contributed by atoms with E-state index in [4.69, 9.17) is 4.74 Å². The second kappa shape index (κ2) is 7.14. The minimum absolute atomic E-state index is 0.857. The van der Waals surface area contributed by atoms with Crippen molar-refractivity contribution in [2.24, 2.45) is 0 Å². The van der Waals surface area contributed by atoms with Gasteiger partial charge in [-0.1, -0.05) is 50.1 Å². The van der Waals surface area contributed by atoms with Crippen LogP contribution in [-0.2, 0) is 11.9 Å². The predicted molar refractivity (Wildman–Crippen MR) is 91.9 cm³/mol. The summed E-state index contributed by atoms with van der Waals surface area (Å²) < 4.78 is 6.31. The van der Waals surface area contributed by atoms with Crippen LogP contribution in [0.4, 0.5) is 5.69 Å². The Bertz CT molecular complexity index is 569. The molecule has 2 aromatic carbocycles. The smallest absolute Gasteiger partial charge is 0.118 e. The molecule has 0 aromatic heterocycles. The van der Waals surface area contributed by atoms with E-state index < -0.39 is 0 Å². The fourth-order valence-corrected chi connectivity index (χ4v) is 3.35. The van der Waals surface area contributed by atoms with Gasteiger partial charge in [-0.05, 0) is 35.4 Å². The maximum atomic E-state index is 5.18. The molecule has 0 saturated carbocycles. The first kappa shape index (κ1) is 15.4. The zero-order valence-electron chi connectivity index (χ0n) is 11.6. The number of methoxy groups -OCH3 is 1. The molecule has 0 heterocycles. The molecule has 2 nitrogen and oxygen atoms in total. The molecule has 0 aliphatic carbocycles. The summed E-state index contributed by atoms with van der Waals surface area (Å²) in [6.45, 7) is 0.865. The van der Waals surface area contributed by atoms with Gasteiger partial charge in [-0.15, -0.1) is 0 Å². The molecule has 2 aromatic rings. The molecule has 0 aliphatic rings. The van der Waals surface area contributed by atoms with Gasteiger partial charge >= 0.3 is 0 Å². The molecule has 0 atom stereocenters. The Labute approximate surface area is 137 Å². The van der Waals surface area contributed by atoms with Crippen molar-refractivity contribution in [3.05, 3.63) is 58.1 Å². The highest BCUT2D eigenvalue weighted by Crippen LogP contribution is 2.26. The van der Waals surface area contributed by atoms with Crippen molar-refractivity contribution >= 4 is 37.5 Å². The van der Waals surface area contributed by atoms with Gasteiger partial charge in [-0.2, -0.15) is 0 Å². The van der Waals surface area contributed by atoms with E-state index in [1.807, 2.05) is 12.1 Å². The molecule has 0 N–H and O–H groups in total. The van der Waals surface area contributed by atoms with Crippen molar-refractivity contribution in [1.82, 2.24) is 0 Å². The van der Waals surface area contributed by atoms with Crippen molar-refractivity contribution in [2.75, 3.05) is 19.1 Å². The van der Waals surface area contributed by atoms with Crippen LogP contribution >= 0.6 is 31.9 Å². The van der Waals surface area contributed by atoms with Crippen LogP contribution in [0.1, 0.15) is 11.1 Å². The summed E-state index contributed by atoms with van der Waals surface area (Å²) in [5.41, 5.74) is 3.71. The van der Waals surface area contributed by atoms with E-state index in [0.29, 0.717) is 0 Å². The third-order valence-electron chi connectivity index (χ3n) is 3.20. The second-order valence-electron chi connectivity index (χ2n) is 4.61. The Morgan fingerprint density at radius 2 is 1.80 bits per heavy atom. The third-order valence-corrected chi connectivity index (χ3v) is 4.54. The number of ether oxygens (including phenoxy) is 1. The molecule has 2 rings (SSSR count). The molecule has 0 saturated heterocycles. The lowest BCUT2D eigenvalue weighted by Crippen LogP contribution is -2.16. The SMILES string of the molecule is COc1ccc(CN(C)c2ccc(CBr)c(Br)c2)cc1. The first-order chi connectivity index (χ1) is 9.63. The molecular weight excluding hydrogens is 382 g/mol. The lowest BCUT2D eigenvalue weighted by molar-refractivity contribution is 0.414. The van der Waals surface area contributed by atoms with Crippen molar-refractivity contribution in [1.29, 1.82) is 0 Å². The monoisotopic (exact) mass is 397 g/mol. The number of benzene rings is 2. The third kappa shape index (κ3) is 3.76. The predicted octanol–water partition coefficient (Wildman–Crippen LogP) is 4.99. The van der Waals surface area contributed by atoms with Gasteiger partial charge in [0.1, 0.15) is 5.75 Å². The summed E-state index contributed by atoms with van der Waals surface area (Å²) in [6, 6.07) is 14.6. The van der Waals surface area contributed by atoms with Crippen molar-refractivity contribution in [3.63, 3.8) is 0 Å². The van der Waals surface area contributed by atoms with Crippen molar-refractivity contribution < 1.29 is 4.74 Å². The Morgan fingerprint density at radius 1 is 1.10 bits per heavy atom. The molecule has 0 unspecified atom stereocenters. The minimum Gasteiger partial charge on any atom is -0.497 e. The number of hydrogen-bond acceptors (Lipinski definition) is 2. The van der Waals surface area contributed by atoms with Crippen molar-refractivity contribution in [3.8, 4) is 5.75 Å². The summed E-state index contributed by atoms with van der Waals surface area (Å²) in [5, 5.41) is 0.857. The summed E-state index contributed by atoms with van der Waals surface area (Å²) in [7, 11) is 3.78. The minimum atomic E-state index is 0.857. The number of halogens is 2. The molecular formula is C16H17Br2NO. The summed E-state index contributed by atoms with van der Waals surface area (Å²) in [4.78, 5) is 2.23. The summed E-state index contributed by atoms with van der Waals surface area (Å²) in [6.07, 6.45) is 0. The van der Waals surface area contributed by atoms with E-state index in [0.717, 1.165) is 22.1 Å². The van der Waals surface area contributed by atoms with E-state index in [9.17, 15) is 0 Å². The molecule has 0 aliphatic heterocycles. The van der Waals surface area contributed by atoms with Crippen LogP contribution in [0, 0.1) is 0 Å². The van der Waals surface area contributed by atoms with E-state index in [1.165, 1.54) is 16.8 Å². The van der Waals surface area contributed by atoms with Crippen LogP contribution in [0.15, 0.2) is 46.9 Å². The Morgan fingerprint density at radius 3 is 2.35 bits per heavy atom. The highest BCUT2D eigenvalue weighted by atomic mass is 79.9. The Kier molecular flexibility index (Phi) is 5.49. The van der Waals surface area contributed by atoms with Gasteiger partial charge in [0.05, 0.1) is 7.11 Å². The molecule has 4 heteroatoms. The topological polar surface area (TPSA) is 12.5 Å². The van der Waals surface area contributed by atoms with Gasteiger partial charge in [-0.3, -0.25) is 0 Å². The maximum Gasteiger partial charge on any atom is 0.118 e. The average molecular weight is 399 g/mol. The van der Waals surface area contributed by atoms with E-state index in [1.54, 1.807) is 7.11 Å². The normalized spacial score (nSPS) is 10.4. The van der Waals surface area contributed by atoms with Gasteiger partial charge in [-0.25, -0.2) is 0 Å². The standard InChI is InChI=1S/C16H17Br2NO/c1-19(11-12-3-7-15(20-2)8-4-12)14-6-5-13(10-17)16(18)9-14/h3-9H,10-11H2,1-2H3. The zero-order valence-corrected chi connectivity index (χ0v) is 14.7. The second-order valence-corrected chi connectivity index (χ2v) is 6.03. The van der Waals surface area contributed by atoms with E-state index in [2.05, 4.69) is 74.1 Å². The molecule has 20 heavy (non-hydrogen) atoms. The van der Waals surface area contributed by atoms with Crippen molar-refractivity contribution in [2.45, 2.75) is 11.9 Å². The molecule has 0 amide bonds. The van der Waals surface area contributed by atoms with Crippen LogP contribution < -0.4 is 9.64 Å². The molecule has 0 spiro atoms. The van der Waals surface area contributed by atoms with Gasteiger partial charge in [0.15, 0.2) is 0 Å². The van der Waals surface area contributed by atoms with Crippen LogP contribution in [0.25, 0.3) is 0 Å². The average Bonchev–Trinajstić information content (AvgIpc) is 2.48. The fraction of sp³-hybridized carbons (Fsp3) is 0.250. The maximum absolute atomic E-state index is 5.18. The highest BCUT2D eigenvalue weighted by Gasteiger charge is 2.05. The van der Waals surface area contributed by atoms with Crippen LogP contribution in [0.5, 0.6) is 5.75 Å². The molecule has 0 radical (unpaired) electrons. The Hall–Kier alpha value is -1.000. The number of alkyl halides is 1. The number of hydrogen-bond donors (Lipinski definition) is 0. The Balaban J connectivity index is 2.10. The van der Waals surface area contributed by atoms with Gasteiger partial charge in [0.2, 0.25) is 0 Å². The number of anilines is 1. The van der Waals surface area contributed by atoms with Crippen LogP contribution in [-0.4, -0.2) is 14.2 Å². The van der Waals surface area contributed by atoms with E-state index >= 15 is 0 Å². The van der Waals surface area contributed by atoms with E-state index in [-0.39, 0.29) is 0 Å². The fourth-order valence-electron chi connectivity index (χ4n) is 1.98. The number of rotatable bonds is 5. The van der Waals surface area contributed by atoms with Gasteiger partial charge in [0.25, 0.3) is 0 Å². The van der Waals surface area contributed by atoms with Crippen LogP contribution in [0.2, 0.25) is 0 Å². The molecule has 0 fully saturated rings.